The monoisotopic (exact) mass is 261 g/mol. The molecule has 1 heterocycles. The van der Waals surface area contributed by atoms with Gasteiger partial charge < -0.3 is 4.74 Å². The van der Waals surface area contributed by atoms with E-state index in [-0.39, 0.29) is 12.1 Å². The second kappa shape index (κ2) is 6.20. The normalized spacial score (nSPS) is 28.1. The molecule has 0 unspecified atom stereocenters. The topological polar surface area (TPSA) is 29.5 Å². The molecule has 0 amide bonds. The number of nitrogens with zero attached hydrogens (tertiary/aromatic N) is 1. The molecule has 0 aromatic heterocycles. The summed E-state index contributed by atoms with van der Waals surface area (Å²) in [7, 11) is 0. The lowest BCUT2D eigenvalue weighted by molar-refractivity contribution is -0.153. The smallest absolute Gasteiger partial charge is 0.302 e. The molecule has 1 saturated heterocycles. The van der Waals surface area contributed by atoms with Gasteiger partial charge in [0, 0.05) is 32.0 Å². The van der Waals surface area contributed by atoms with Crippen molar-refractivity contribution in [2.24, 2.45) is 5.92 Å². The van der Waals surface area contributed by atoms with Crippen molar-refractivity contribution in [1.82, 2.24) is 4.90 Å². The molecule has 0 spiro atoms. The molecule has 104 valence electrons. The van der Waals surface area contributed by atoms with Crippen LogP contribution in [0.25, 0.3) is 0 Å². The minimum atomic E-state index is -0.166. The molecule has 0 saturated carbocycles. The Morgan fingerprint density at radius 1 is 1.32 bits per heavy atom. The number of hydrogen-bond acceptors (Lipinski definition) is 3. The number of carbonyl (C=O) groups is 1. The van der Waals surface area contributed by atoms with E-state index in [1.165, 1.54) is 12.5 Å². The van der Waals surface area contributed by atoms with E-state index >= 15 is 0 Å². The first-order valence-corrected chi connectivity index (χ1v) is 7.03. The Bertz CT molecular complexity index is 418. The Morgan fingerprint density at radius 2 is 2.00 bits per heavy atom. The highest BCUT2D eigenvalue weighted by atomic mass is 16.5. The van der Waals surface area contributed by atoms with Gasteiger partial charge in [-0.3, -0.25) is 9.69 Å². The fourth-order valence-corrected chi connectivity index (χ4v) is 2.82. The van der Waals surface area contributed by atoms with Crippen LogP contribution >= 0.6 is 0 Å². The maximum Gasteiger partial charge on any atom is 0.302 e. The maximum absolute atomic E-state index is 11.1. The van der Waals surface area contributed by atoms with Crippen molar-refractivity contribution in [3.63, 3.8) is 0 Å². The van der Waals surface area contributed by atoms with Crippen LogP contribution in [-0.2, 0) is 16.1 Å². The van der Waals surface area contributed by atoms with Crippen LogP contribution in [0.3, 0.4) is 0 Å². The number of esters is 1. The molecular formula is C16H23NO2. The summed E-state index contributed by atoms with van der Waals surface area (Å²) in [5.74, 6) is 0.210. The standard InChI is InChI=1S/C16H23NO2/c1-12-13(2)17(10-9-16(12)19-14(3)18)11-15-7-5-4-6-8-15/h4-8,12-13,16H,9-11H2,1-3H3/t12-,13-,16+/m0/s1. The number of carbonyl (C=O) groups excluding carboxylic acids is 1. The number of rotatable bonds is 3. The molecule has 1 aliphatic heterocycles. The van der Waals surface area contributed by atoms with Crippen LogP contribution < -0.4 is 0 Å². The highest BCUT2D eigenvalue weighted by molar-refractivity contribution is 5.66. The quantitative estimate of drug-likeness (QED) is 0.784. The third-order valence-corrected chi connectivity index (χ3v) is 4.17. The Balaban J connectivity index is 1.97. The summed E-state index contributed by atoms with van der Waals surface area (Å²) in [5, 5.41) is 0. The van der Waals surface area contributed by atoms with Crippen LogP contribution in [0.15, 0.2) is 30.3 Å². The van der Waals surface area contributed by atoms with Crippen molar-refractivity contribution < 1.29 is 9.53 Å². The molecule has 2 rings (SSSR count). The number of hydrogen-bond donors (Lipinski definition) is 0. The van der Waals surface area contributed by atoms with Gasteiger partial charge in [0.05, 0.1) is 0 Å². The predicted molar refractivity (Wildman–Crippen MR) is 75.6 cm³/mol. The second-order valence-electron chi connectivity index (χ2n) is 5.49. The van der Waals surface area contributed by atoms with Gasteiger partial charge in [0.25, 0.3) is 0 Å². The molecule has 0 radical (unpaired) electrons. The zero-order valence-electron chi connectivity index (χ0n) is 12.0. The molecule has 1 fully saturated rings. The van der Waals surface area contributed by atoms with Gasteiger partial charge in [-0.25, -0.2) is 0 Å². The number of likely N-dealkylation sites (tertiary alicyclic amines) is 1. The SMILES string of the molecule is CC(=O)O[C@@H]1CCN(Cc2ccccc2)[C@@H](C)[C@@H]1C. The van der Waals surface area contributed by atoms with Crippen molar-refractivity contribution >= 4 is 5.97 Å². The molecule has 3 atom stereocenters. The second-order valence-corrected chi connectivity index (χ2v) is 5.49. The van der Waals surface area contributed by atoms with E-state index < -0.39 is 0 Å². The van der Waals surface area contributed by atoms with E-state index in [1.54, 1.807) is 0 Å². The molecule has 0 bridgehead atoms. The number of piperidine rings is 1. The van der Waals surface area contributed by atoms with Gasteiger partial charge in [0.2, 0.25) is 0 Å². The first-order chi connectivity index (χ1) is 9.08. The van der Waals surface area contributed by atoms with Crippen LogP contribution in [0, 0.1) is 5.92 Å². The first kappa shape index (κ1) is 14.1. The maximum atomic E-state index is 11.1. The lowest BCUT2D eigenvalue weighted by Crippen LogP contribution is -2.49. The summed E-state index contributed by atoms with van der Waals surface area (Å²) in [6, 6.07) is 11.0. The zero-order chi connectivity index (χ0) is 13.8. The number of ether oxygens (including phenoxy) is 1. The molecule has 1 aromatic rings. The van der Waals surface area contributed by atoms with E-state index in [1.807, 2.05) is 6.07 Å². The predicted octanol–water partition coefficient (Wildman–Crippen LogP) is 2.85. The third-order valence-electron chi connectivity index (χ3n) is 4.17. The van der Waals surface area contributed by atoms with E-state index in [4.69, 9.17) is 4.74 Å². The Morgan fingerprint density at radius 3 is 2.63 bits per heavy atom. The third kappa shape index (κ3) is 3.57. The van der Waals surface area contributed by atoms with Gasteiger partial charge in [-0.15, -0.1) is 0 Å². The highest BCUT2D eigenvalue weighted by Gasteiger charge is 2.34. The Kier molecular flexibility index (Phi) is 4.59. The summed E-state index contributed by atoms with van der Waals surface area (Å²) < 4.78 is 5.41. The van der Waals surface area contributed by atoms with Gasteiger partial charge in [0.1, 0.15) is 6.10 Å². The van der Waals surface area contributed by atoms with Gasteiger partial charge in [-0.1, -0.05) is 37.3 Å². The summed E-state index contributed by atoms with van der Waals surface area (Å²) in [6.45, 7) is 7.85. The molecule has 1 aliphatic rings. The summed E-state index contributed by atoms with van der Waals surface area (Å²) in [4.78, 5) is 13.6. The van der Waals surface area contributed by atoms with Crippen LogP contribution in [-0.4, -0.2) is 29.6 Å². The van der Waals surface area contributed by atoms with Gasteiger partial charge in [0.15, 0.2) is 0 Å². The van der Waals surface area contributed by atoms with Gasteiger partial charge in [-0.2, -0.15) is 0 Å². The molecule has 0 N–H and O–H groups in total. The Labute approximate surface area is 115 Å². The summed E-state index contributed by atoms with van der Waals surface area (Å²) in [6.07, 6.45) is 0.997. The van der Waals surface area contributed by atoms with Crippen molar-refractivity contribution in [3.05, 3.63) is 35.9 Å². The Hall–Kier alpha value is -1.35. The average Bonchev–Trinajstić information content (AvgIpc) is 2.39. The molecule has 19 heavy (non-hydrogen) atoms. The van der Waals surface area contributed by atoms with E-state index in [0.717, 1.165) is 19.5 Å². The minimum absolute atomic E-state index is 0.0690. The van der Waals surface area contributed by atoms with Crippen LogP contribution in [0.5, 0.6) is 0 Å². The average molecular weight is 261 g/mol. The van der Waals surface area contributed by atoms with Crippen molar-refractivity contribution in [3.8, 4) is 0 Å². The fourth-order valence-electron chi connectivity index (χ4n) is 2.82. The van der Waals surface area contributed by atoms with Gasteiger partial charge >= 0.3 is 5.97 Å². The molecule has 1 aromatic carbocycles. The van der Waals surface area contributed by atoms with Crippen LogP contribution in [0.1, 0.15) is 32.8 Å². The minimum Gasteiger partial charge on any atom is -0.462 e. The van der Waals surface area contributed by atoms with Crippen molar-refractivity contribution in [1.29, 1.82) is 0 Å². The van der Waals surface area contributed by atoms with Crippen molar-refractivity contribution in [2.75, 3.05) is 6.54 Å². The molecule has 3 nitrogen and oxygen atoms in total. The molecular weight excluding hydrogens is 238 g/mol. The highest BCUT2D eigenvalue weighted by Crippen LogP contribution is 2.27. The van der Waals surface area contributed by atoms with Crippen molar-refractivity contribution in [2.45, 2.75) is 45.9 Å². The summed E-state index contributed by atoms with van der Waals surface area (Å²) >= 11 is 0. The molecule has 3 heteroatoms. The zero-order valence-corrected chi connectivity index (χ0v) is 12.0. The first-order valence-electron chi connectivity index (χ1n) is 7.03. The lowest BCUT2D eigenvalue weighted by Gasteiger charge is -2.42. The number of benzene rings is 1. The largest absolute Gasteiger partial charge is 0.462 e. The van der Waals surface area contributed by atoms with Crippen LogP contribution in [0.4, 0.5) is 0 Å². The van der Waals surface area contributed by atoms with Gasteiger partial charge in [-0.05, 0) is 18.9 Å². The van der Waals surface area contributed by atoms with E-state index in [9.17, 15) is 4.79 Å². The van der Waals surface area contributed by atoms with E-state index in [0.29, 0.717) is 12.0 Å². The summed E-state index contributed by atoms with van der Waals surface area (Å²) in [5.41, 5.74) is 1.34. The van der Waals surface area contributed by atoms with Crippen LogP contribution in [0.2, 0.25) is 0 Å². The van der Waals surface area contributed by atoms with E-state index in [2.05, 4.69) is 43.0 Å². The molecule has 0 aliphatic carbocycles. The fraction of sp³-hybridized carbons (Fsp3) is 0.562. The lowest BCUT2D eigenvalue weighted by atomic mass is 9.88.